The Kier molecular flexibility index (Phi) is 5.24. The lowest BCUT2D eigenvalue weighted by molar-refractivity contribution is -0.257. The fourth-order valence-corrected chi connectivity index (χ4v) is 8.66. The molecule has 4 rings (SSSR count). The number of aliphatic hydroxyl groups is 1. The standard InChI is InChI=1S/C25H37FO5/c1-6-21(30)31-25(15(3)27)14(2)11-19-18-8-7-16-12-17(28)9-10-22(16,4)24(18,26)20(29)13-23(19,25)5/h14,16,18-20,29H,6-13H2,1-5H3/t14?,16?,18-,19-,20?,22-,23-,24-,25-/m0/s1. The van der Waals surface area contributed by atoms with E-state index in [4.69, 9.17) is 4.74 Å². The minimum absolute atomic E-state index is 0.0525. The topological polar surface area (TPSA) is 80.7 Å². The molecule has 0 amide bonds. The average molecular weight is 437 g/mol. The molecule has 0 aromatic heterocycles. The number of hydrogen-bond donors (Lipinski definition) is 1. The highest BCUT2D eigenvalue weighted by molar-refractivity contribution is 5.89. The molecule has 6 heteroatoms. The Morgan fingerprint density at radius 1 is 1.19 bits per heavy atom. The zero-order chi connectivity index (χ0) is 23.0. The van der Waals surface area contributed by atoms with Crippen molar-refractivity contribution in [3.63, 3.8) is 0 Å². The van der Waals surface area contributed by atoms with Gasteiger partial charge in [0.1, 0.15) is 11.5 Å². The van der Waals surface area contributed by atoms with Crippen molar-refractivity contribution in [2.24, 2.45) is 34.5 Å². The molecule has 0 bridgehead atoms. The van der Waals surface area contributed by atoms with Crippen molar-refractivity contribution in [2.75, 3.05) is 0 Å². The lowest BCUT2D eigenvalue weighted by Gasteiger charge is -2.65. The summed E-state index contributed by atoms with van der Waals surface area (Å²) in [7, 11) is 0. The second-order valence-corrected chi connectivity index (χ2v) is 11.3. The molecule has 9 atom stereocenters. The Morgan fingerprint density at radius 3 is 2.48 bits per heavy atom. The number of alkyl halides is 1. The van der Waals surface area contributed by atoms with Gasteiger partial charge in [0.25, 0.3) is 0 Å². The highest BCUT2D eigenvalue weighted by Crippen LogP contribution is 2.72. The SMILES string of the molecule is CCC(=O)O[C@]1(C(C)=O)C(C)C[C@H]2[C@@H]3CCC4CC(=O)CC[C@]4(C)[C@@]3(F)C(O)C[C@@]21C. The number of halogens is 1. The number of esters is 1. The number of ether oxygens (including phenoxy) is 1. The molecule has 4 fully saturated rings. The van der Waals surface area contributed by atoms with Gasteiger partial charge in [0.2, 0.25) is 0 Å². The van der Waals surface area contributed by atoms with Crippen molar-refractivity contribution in [2.45, 2.75) is 103 Å². The summed E-state index contributed by atoms with van der Waals surface area (Å²) in [5.41, 5.74) is -4.72. The molecule has 0 aliphatic heterocycles. The normalized spacial score (nSPS) is 51.5. The van der Waals surface area contributed by atoms with Crippen LogP contribution in [-0.2, 0) is 19.1 Å². The molecule has 174 valence electrons. The van der Waals surface area contributed by atoms with Crippen molar-refractivity contribution in [3.8, 4) is 0 Å². The summed E-state index contributed by atoms with van der Waals surface area (Å²) < 4.78 is 23.2. The van der Waals surface area contributed by atoms with Crippen molar-refractivity contribution < 1.29 is 28.6 Å². The van der Waals surface area contributed by atoms with Crippen LogP contribution in [0.5, 0.6) is 0 Å². The average Bonchev–Trinajstić information content (AvgIpc) is 2.91. The van der Waals surface area contributed by atoms with E-state index in [1.54, 1.807) is 6.92 Å². The van der Waals surface area contributed by atoms with Gasteiger partial charge in [-0.25, -0.2) is 4.39 Å². The van der Waals surface area contributed by atoms with Gasteiger partial charge in [-0.15, -0.1) is 0 Å². The fraction of sp³-hybridized carbons (Fsp3) is 0.880. The maximum atomic E-state index is 17.2. The number of ketones is 2. The second kappa shape index (κ2) is 7.10. The first-order chi connectivity index (χ1) is 14.4. The van der Waals surface area contributed by atoms with Crippen molar-refractivity contribution in [3.05, 3.63) is 0 Å². The number of aliphatic hydroxyl groups excluding tert-OH is 1. The van der Waals surface area contributed by atoms with Crippen LogP contribution in [0.15, 0.2) is 0 Å². The molecule has 5 nitrogen and oxygen atoms in total. The molecular weight excluding hydrogens is 399 g/mol. The molecule has 4 aliphatic carbocycles. The number of carbonyl (C=O) groups is 3. The van der Waals surface area contributed by atoms with Gasteiger partial charge in [0, 0.05) is 36.0 Å². The van der Waals surface area contributed by atoms with Crippen LogP contribution in [0, 0.1) is 34.5 Å². The fourth-order valence-electron chi connectivity index (χ4n) is 8.66. The van der Waals surface area contributed by atoms with Crippen LogP contribution in [0.4, 0.5) is 4.39 Å². The molecule has 0 heterocycles. The molecule has 4 saturated carbocycles. The van der Waals surface area contributed by atoms with Gasteiger partial charge in [-0.2, -0.15) is 0 Å². The molecule has 31 heavy (non-hydrogen) atoms. The third-order valence-corrected chi connectivity index (χ3v) is 10.2. The Morgan fingerprint density at radius 2 is 1.87 bits per heavy atom. The molecule has 0 saturated heterocycles. The Hall–Kier alpha value is -1.30. The summed E-state index contributed by atoms with van der Waals surface area (Å²) >= 11 is 0. The predicted molar refractivity (Wildman–Crippen MR) is 113 cm³/mol. The molecule has 0 spiro atoms. The van der Waals surface area contributed by atoms with Crippen LogP contribution >= 0.6 is 0 Å². The first kappa shape index (κ1) is 22.9. The zero-order valence-corrected chi connectivity index (χ0v) is 19.5. The van der Waals surface area contributed by atoms with Crippen LogP contribution < -0.4 is 0 Å². The number of hydrogen-bond acceptors (Lipinski definition) is 5. The highest BCUT2D eigenvalue weighted by Gasteiger charge is 2.77. The van der Waals surface area contributed by atoms with E-state index in [0.29, 0.717) is 32.1 Å². The molecule has 4 aliphatic rings. The van der Waals surface area contributed by atoms with Crippen molar-refractivity contribution in [1.82, 2.24) is 0 Å². The molecular formula is C25H37FO5. The maximum Gasteiger partial charge on any atom is 0.306 e. The Labute approximate surface area is 184 Å². The lowest BCUT2D eigenvalue weighted by atomic mass is 9.42. The Balaban J connectivity index is 1.80. The van der Waals surface area contributed by atoms with Gasteiger partial charge in [-0.3, -0.25) is 14.4 Å². The first-order valence-electron chi connectivity index (χ1n) is 12.0. The van der Waals surface area contributed by atoms with E-state index in [9.17, 15) is 19.5 Å². The van der Waals surface area contributed by atoms with Gasteiger partial charge in [0.05, 0.1) is 6.10 Å². The number of Topliss-reactive ketones (excluding diaryl/α,β-unsaturated/α-hetero) is 2. The quantitative estimate of drug-likeness (QED) is 0.671. The van der Waals surface area contributed by atoms with E-state index in [-0.39, 0.29) is 42.2 Å². The summed E-state index contributed by atoms with van der Waals surface area (Å²) in [6, 6.07) is 0. The molecule has 0 aromatic rings. The maximum absolute atomic E-state index is 17.2. The largest absolute Gasteiger partial charge is 0.450 e. The summed E-state index contributed by atoms with van der Waals surface area (Å²) in [6.07, 6.45) is 2.14. The van der Waals surface area contributed by atoms with E-state index in [1.807, 2.05) is 20.8 Å². The number of carbonyl (C=O) groups excluding carboxylic acids is 3. The number of fused-ring (bicyclic) bond motifs is 5. The van der Waals surface area contributed by atoms with Crippen LogP contribution in [0.3, 0.4) is 0 Å². The second-order valence-electron chi connectivity index (χ2n) is 11.3. The zero-order valence-electron chi connectivity index (χ0n) is 19.5. The van der Waals surface area contributed by atoms with Crippen LogP contribution in [-0.4, -0.2) is 40.0 Å². The van der Waals surface area contributed by atoms with Gasteiger partial charge >= 0.3 is 5.97 Å². The summed E-state index contributed by atoms with van der Waals surface area (Å²) in [5.74, 6) is -1.34. The van der Waals surface area contributed by atoms with Crippen LogP contribution in [0.2, 0.25) is 0 Å². The summed E-state index contributed by atoms with van der Waals surface area (Å²) in [5, 5.41) is 11.4. The first-order valence-corrected chi connectivity index (χ1v) is 12.0. The minimum Gasteiger partial charge on any atom is -0.450 e. The van der Waals surface area contributed by atoms with Crippen LogP contribution in [0.25, 0.3) is 0 Å². The van der Waals surface area contributed by atoms with Gasteiger partial charge in [0.15, 0.2) is 11.4 Å². The number of rotatable bonds is 3. The highest BCUT2D eigenvalue weighted by atomic mass is 19.1. The Bertz CT molecular complexity index is 812. The van der Waals surface area contributed by atoms with Gasteiger partial charge < -0.3 is 9.84 Å². The van der Waals surface area contributed by atoms with Crippen molar-refractivity contribution >= 4 is 17.5 Å². The lowest BCUT2D eigenvalue weighted by Crippen LogP contribution is -2.71. The predicted octanol–water partition coefficient (Wildman–Crippen LogP) is 4.19. The van der Waals surface area contributed by atoms with Gasteiger partial charge in [-0.05, 0) is 56.8 Å². The molecule has 0 radical (unpaired) electrons. The van der Waals surface area contributed by atoms with Gasteiger partial charge in [-0.1, -0.05) is 27.7 Å². The van der Waals surface area contributed by atoms with Crippen LogP contribution in [0.1, 0.15) is 86.0 Å². The van der Waals surface area contributed by atoms with E-state index in [1.165, 1.54) is 6.92 Å². The minimum atomic E-state index is -1.80. The summed E-state index contributed by atoms with van der Waals surface area (Å²) in [6.45, 7) is 8.93. The monoisotopic (exact) mass is 436 g/mol. The van der Waals surface area contributed by atoms with E-state index < -0.39 is 40.1 Å². The molecule has 1 N–H and O–H groups in total. The smallest absolute Gasteiger partial charge is 0.306 e. The van der Waals surface area contributed by atoms with E-state index in [0.717, 1.165) is 6.42 Å². The van der Waals surface area contributed by atoms with E-state index >= 15 is 4.39 Å². The molecule has 3 unspecified atom stereocenters. The van der Waals surface area contributed by atoms with Crippen molar-refractivity contribution in [1.29, 1.82) is 0 Å². The summed E-state index contributed by atoms with van der Waals surface area (Å²) in [4.78, 5) is 37.6. The molecule has 0 aromatic carbocycles. The third-order valence-electron chi connectivity index (χ3n) is 10.2. The third kappa shape index (κ3) is 2.66. The van der Waals surface area contributed by atoms with E-state index in [2.05, 4.69) is 0 Å².